The average molecular weight is 332 g/mol. The van der Waals surface area contributed by atoms with Crippen LogP contribution in [0.1, 0.15) is 12.6 Å². The SMILES string of the molecule is CCc1nc(-c2cccc(Cl)c2)nc(Cl)c1Br. The van der Waals surface area contributed by atoms with Crippen LogP contribution >= 0.6 is 39.1 Å². The molecular formula is C12H9BrCl2N2. The van der Waals surface area contributed by atoms with E-state index in [0.717, 1.165) is 22.2 Å². The first-order chi connectivity index (χ1) is 8.11. The maximum absolute atomic E-state index is 6.06. The van der Waals surface area contributed by atoms with Gasteiger partial charge in [-0.1, -0.05) is 42.3 Å². The number of benzene rings is 1. The molecule has 5 heteroatoms. The Morgan fingerprint density at radius 1 is 1.24 bits per heavy atom. The Balaban J connectivity index is 2.56. The minimum absolute atomic E-state index is 0.423. The molecule has 0 spiro atoms. The molecule has 2 rings (SSSR count). The number of aryl methyl sites for hydroxylation is 1. The van der Waals surface area contributed by atoms with Crippen molar-refractivity contribution in [2.45, 2.75) is 13.3 Å². The summed E-state index contributed by atoms with van der Waals surface area (Å²) in [6.07, 6.45) is 0.788. The monoisotopic (exact) mass is 330 g/mol. The summed E-state index contributed by atoms with van der Waals surface area (Å²) in [5.74, 6) is 0.595. The van der Waals surface area contributed by atoms with Gasteiger partial charge in [-0.15, -0.1) is 0 Å². The minimum Gasteiger partial charge on any atom is -0.232 e. The van der Waals surface area contributed by atoms with Crippen LogP contribution < -0.4 is 0 Å². The van der Waals surface area contributed by atoms with Crippen molar-refractivity contribution < 1.29 is 0 Å². The second kappa shape index (κ2) is 5.34. The van der Waals surface area contributed by atoms with Crippen LogP contribution in [-0.2, 0) is 6.42 Å². The average Bonchev–Trinajstić information content (AvgIpc) is 2.32. The summed E-state index contributed by atoms with van der Waals surface area (Å²) in [5.41, 5.74) is 1.75. The first-order valence-electron chi connectivity index (χ1n) is 5.09. The van der Waals surface area contributed by atoms with Gasteiger partial charge in [-0.2, -0.15) is 0 Å². The fraction of sp³-hybridized carbons (Fsp3) is 0.167. The highest BCUT2D eigenvalue weighted by molar-refractivity contribution is 9.10. The molecule has 17 heavy (non-hydrogen) atoms. The molecule has 1 heterocycles. The summed E-state index contributed by atoms with van der Waals surface area (Å²) in [5, 5.41) is 1.08. The molecule has 0 saturated heterocycles. The molecule has 2 nitrogen and oxygen atoms in total. The Bertz CT molecular complexity index is 558. The second-order valence-electron chi connectivity index (χ2n) is 3.46. The molecule has 0 saturated carbocycles. The van der Waals surface area contributed by atoms with E-state index in [2.05, 4.69) is 25.9 Å². The van der Waals surface area contributed by atoms with Crippen LogP contribution in [0.2, 0.25) is 10.2 Å². The predicted molar refractivity (Wildman–Crippen MR) is 74.6 cm³/mol. The predicted octanol–water partition coefficient (Wildman–Crippen LogP) is 4.78. The van der Waals surface area contributed by atoms with Crippen molar-refractivity contribution in [1.82, 2.24) is 9.97 Å². The molecule has 1 aromatic heterocycles. The van der Waals surface area contributed by atoms with Crippen molar-refractivity contribution in [2.75, 3.05) is 0 Å². The molecule has 0 aliphatic rings. The van der Waals surface area contributed by atoms with Crippen molar-refractivity contribution in [2.24, 2.45) is 0 Å². The van der Waals surface area contributed by atoms with Crippen LogP contribution in [0.15, 0.2) is 28.7 Å². The molecule has 0 amide bonds. The van der Waals surface area contributed by atoms with Crippen LogP contribution in [0.3, 0.4) is 0 Å². The lowest BCUT2D eigenvalue weighted by molar-refractivity contribution is 0.991. The van der Waals surface area contributed by atoms with Crippen LogP contribution in [-0.4, -0.2) is 9.97 Å². The van der Waals surface area contributed by atoms with E-state index in [9.17, 15) is 0 Å². The summed E-state index contributed by atoms with van der Waals surface area (Å²) >= 11 is 15.4. The third-order valence-electron chi connectivity index (χ3n) is 2.30. The second-order valence-corrected chi connectivity index (χ2v) is 5.05. The summed E-state index contributed by atoms with van der Waals surface area (Å²) < 4.78 is 0.757. The van der Waals surface area contributed by atoms with Gasteiger partial charge in [0.15, 0.2) is 5.82 Å². The van der Waals surface area contributed by atoms with Crippen LogP contribution in [0.5, 0.6) is 0 Å². The van der Waals surface area contributed by atoms with Crippen molar-refractivity contribution in [3.8, 4) is 11.4 Å². The standard InChI is InChI=1S/C12H9BrCl2N2/c1-2-9-10(13)11(15)17-12(16-9)7-4-3-5-8(14)6-7/h3-6H,2H2,1H3. The highest BCUT2D eigenvalue weighted by Crippen LogP contribution is 2.28. The zero-order chi connectivity index (χ0) is 12.4. The van der Waals surface area contributed by atoms with E-state index in [4.69, 9.17) is 23.2 Å². The third-order valence-corrected chi connectivity index (χ3v) is 3.87. The minimum atomic E-state index is 0.423. The highest BCUT2D eigenvalue weighted by atomic mass is 79.9. The molecule has 0 atom stereocenters. The zero-order valence-electron chi connectivity index (χ0n) is 9.04. The molecular weight excluding hydrogens is 323 g/mol. The number of hydrogen-bond donors (Lipinski definition) is 0. The molecule has 0 N–H and O–H groups in total. The summed E-state index contributed by atoms with van der Waals surface area (Å²) in [6, 6.07) is 7.40. The Morgan fingerprint density at radius 3 is 2.65 bits per heavy atom. The maximum atomic E-state index is 6.06. The largest absolute Gasteiger partial charge is 0.232 e. The maximum Gasteiger partial charge on any atom is 0.161 e. The summed E-state index contributed by atoms with van der Waals surface area (Å²) in [4.78, 5) is 8.70. The third kappa shape index (κ3) is 2.79. The lowest BCUT2D eigenvalue weighted by Crippen LogP contribution is -1.97. The molecule has 0 bridgehead atoms. The van der Waals surface area contributed by atoms with Gasteiger partial charge < -0.3 is 0 Å². The molecule has 0 aliphatic heterocycles. The molecule has 88 valence electrons. The first kappa shape index (κ1) is 12.8. The topological polar surface area (TPSA) is 25.8 Å². The van der Waals surface area contributed by atoms with E-state index in [0.29, 0.717) is 16.0 Å². The summed E-state index contributed by atoms with van der Waals surface area (Å²) in [6.45, 7) is 2.02. The van der Waals surface area contributed by atoms with Gasteiger partial charge in [0.25, 0.3) is 0 Å². The lowest BCUT2D eigenvalue weighted by Gasteiger charge is -2.06. The lowest BCUT2D eigenvalue weighted by atomic mass is 10.2. The van der Waals surface area contributed by atoms with E-state index in [1.54, 1.807) is 0 Å². The van der Waals surface area contributed by atoms with E-state index in [1.165, 1.54) is 0 Å². The number of aromatic nitrogens is 2. The van der Waals surface area contributed by atoms with E-state index < -0.39 is 0 Å². The van der Waals surface area contributed by atoms with E-state index in [-0.39, 0.29) is 0 Å². The molecule has 0 radical (unpaired) electrons. The number of nitrogens with zero attached hydrogens (tertiary/aromatic N) is 2. The molecule has 0 fully saturated rings. The van der Waals surface area contributed by atoms with Gasteiger partial charge in [0, 0.05) is 10.6 Å². The Morgan fingerprint density at radius 2 is 2.00 bits per heavy atom. The fourth-order valence-corrected chi connectivity index (χ4v) is 2.29. The fourth-order valence-electron chi connectivity index (χ4n) is 1.45. The number of rotatable bonds is 2. The Kier molecular flexibility index (Phi) is 4.02. The van der Waals surface area contributed by atoms with Crippen molar-refractivity contribution in [3.05, 3.63) is 44.6 Å². The summed E-state index contributed by atoms with van der Waals surface area (Å²) in [7, 11) is 0. The van der Waals surface area contributed by atoms with Crippen molar-refractivity contribution in [1.29, 1.82) is 0 Å². The zero-order valence-corrected chi connectivity index (χ0v) is 12.1. The molecule has 0 aliphatic carbocycles. The molecule has 0 unspecified atom stereocenters. The van der Waals surface area contributed by atoms with Gasteiger partial charge in [0.05, 0.1) is 10.2 Å². The van der Waals surface area contributed by atoms with Gasteiger partial charge in [-0.3, -0.25) is 0 Å². The smallest absolute Gasteiger partial charge is 0.161 e. The molecule has 1 aromatic carbocycles. The molecule has 2 aromatic rings. The van der Waals surface area contributed by atoms with Gasteiger partial charge in [0.1, 0.15) is 5.15 Å². The van der Waals surface area contributed by atoms with Crippen molar-refractivity contribution >= 4 is 39.1 Å². The number of hydrogen-bond acceptors (Lipinski definition) is 2. The number of halogens is 3. The van der Waals surface area contributed by atoms with E-state index in [1.807, 2.05) is 31.2 Å². The Hall–Kier alpha value is -0.640. The quantitative estimate of drug-likeness (QED) is 0.740. The Labute approximate surface area is 118 Å². The van der Waals surface area contributed by atoms with Gasteiger partial charge >= 0.3 is 0 Å². The van der Waals surface area contributed by atoms with Crippen LogP contribution in [0.4, 0.5) is 0 Å². The van der Waals surface area contributed by atoms with Crippen LogP contribution in [0, 0.1) is 0 Å². The van der Waals surface area contributed by atoms with Gasteiger partial charge in [-0.05, 0) is 34.5 Å². The van der Waals surface area contributed by atoms with E-state index >= 15 is 0 Å². The highest BCUT2D eigenvalue weighted by Gasteiger charge is 2.10. The normalized spacial score (nSPS) is 10.6. The van der Waals surface area contributed by atoms with Crippen molar-refractivity contribution in [3.63, 3.8) is 0 Å². The van der Waals surface area contributed by atoms with Gasteiger partial charge in [0.2, 0.25) is 0 Å². The van der Waals surface area contributed by atoms with Gasteiger partial charge in [-0.25, -0.2) is 9.97 Å². The first-order valence-corrected chi connectivity index (χ1v) is 6.64. The van der Waals surface area contributed by atoms with Crippen LogP contribution in [0.25, 0.3) is 11.4 Å².